The molecule has 84 valence electrons. The first kappa shape index (κ1) is 12.4. The standard InChI is InChI=1S/C11H18BrN3/c1-4-8-10(12)11(13)15-9(14-8)6-5-7(2)3/h7H,4-6H2,1-3H3,(H2,13,14,15). The average Bonchev–Trinajstić information content (AvgIpc) is 2.19. The molecule has 0 atom stereocenters. The number of aryl methyl sites for hydroxylation is 2. The van der Waals surface area contributed by atoms with Gasteiger partial charge in [-0.3, -0.25) is 0 Å². The normalized spacial score (nSPS) is 11.0. The lowest BCUT2D eigenvalue weighted by atomic mass is 10.1. The Morgan fingerprint density at radius 1 is 1.33 bits per heavy atom. The number of hydrogen-bond acceptors (Lipinski definition) is 3. The van der Waals surface area contributed by atoms with Crippen molar-refractivity contribution >= 4 is 21.7 Å². The van der Waals surface area contributed by atoms with Gasteiger partial charge in [0.1, 0.15) is 11.6 Å². The van der Waals surface area contributed by atoms with Crippen LogP contribution in [0.25, 0.3) is 0 Å². The Morgan fingerprint density at radius 2 is 2.00 bits per heavy atom. The van der Waals surface area contributed by atoms with Crippen LogP contribution in [0, 0.1) is 5.92 Å². The zero-order chi connectivity index (χ0) is 11.4. The molecule has 0 aromatic carbocycles. The van der Waals surface area contributed by atoms with Crippen LogP contribution in [-0.4, -0.2) is 9.97 Å². The zero-order valence-electron chi connectivity index (χ0n) is 9.55. The lowest BCUT2D eigenvalue weighted by molar-refractivity contribution is 0.573. The van der Waals surface area contributed by atoms with E-state index in [1.54, 1.807) is 0 Å². The molecule has 3 nitrogen and oxygen atoms in total. The van der Waals surface area contributed by atoms with Gasteiger partial charge in [-0.25, -0.2) is 9.97 Å². The number of nitrogen functional groups attached to an aromatic ring is 1. The van der Waals surface area contributed by atoms with E-state index in [1.165, 1.54) is 0 Å². The molecule has 0 amide bonds. The average molecular weight is 272 g/mol. The van der Waals surface area contributed by atoms with Crippen molar-refractivity contribution < 1.29 is 0 Å². The van der Waals surface area contributed by atoms with Crippen LogP contribution in [0.3, 0.4) is 0 Å². The summed E-state index contributed by atoms with van der Waals surface area (Å²) in [6.45, 7) is 6.46. The molecule has 0 radical (unpaired) electrons. The molecule has 0 saturated carbocycles. The highest BCUT2D eigenvalue weighted by Gasteiger charge is 2.08. The maximum Gasteiger partial charge on any atom is 0.141 e. The predicted molar refractivity (Wildman–Crippen MR) is 66.7 cm³/mol. The second kappa shape index (κ2) is 5.45. The van der Waals surface area contributed by atoms with E-state index in [4.69, 9.17) is 5.73 Å². The summed E-state index contributed by atoms with van der Waals surface area (Å²) >= 11 is 3.40. The van der Waals surface area contributed by atoms with Crippen LogP contribution < -0.4 is 5.73 Å². The Hall–Kier alpha value is -0.640. The quantitative estimate of drug-likeness (QED) is 0.916. The lowest BCUT2D eigenvalue weighted by Crippen LogP contribution is -2.06. The Balaban J connectivity index is 2.86. The van der Waals surface area contributed by atoms with Crippen molar-refractivity contribution in [2.45, 2.75) is 40.0 Å². The maximum absolute atomic E-state index is 5.81. The second-order valence-electron chi connectivity index (χ2n) is 4.07. The third-order valence-corrected chi connectivity index (χ3v) is 3.14. The molecule has 1 rings (SSSR count). The SMILES string of the molecule is CCc1nc(CCC(C)C)nc(N)c1Br. The van der Waals surface area contributed by atoms with Gasteiger partial charge in [-0.2, -0.15) is 0 Å². The van der Waals surface area contributed by atoms with Crippen LogP contribution in [0.1, 0.15) is 38.7 Å². The molecule has 1 aromatic rings. The van der Waals surface area contributed by atoms with Gasteiger partial charge in [0.25, 0.3) is 0 Å². The molecule has 0 aliphatic heterocycles. The number of halogens is 1. The van der Waals surface area contributed by atoms with E-state index in [0.29, 0.717) is 11.7 Å². The van der Waals surface area contributed by atoms with Crippen molar-refractivity contribution in [2.75, 3.05) is 5.73 Å². The fourth-order valence-electron chi connectivity index (χ4n) is 1.33. The highest BCUT2D eigenvalue weighted by Crippen LogP contribution is 2.21. The van der Waals surface area contributed by atoms with E-state index in [0.717, 1.165) is 35.3 Å². The van der Waals surface area contributed by atoms with Crippen molar-refractivity contribution in [1.82, 2.24) is 9.97 Å². The van der Waals surface area contributed by atoms with Crippen LogP contribution in [0.15, 0.2) is 4.47 Å². The van der Waals surface area contributed by atoms with Gasteiger partial charge in [0.15, 0.2) is 0 Å². The molecule has 0 aliphatic rings. The zero-order valence-corrected chi connectivity index (χ0v) is 11.1. The Kier molecular flexibility index (Phi) is 4.51. The van der Waals surface area contributed by atoms with Crippen molar-refractivity contribution in [3.63, 3.8) is 0 Å². The molecule has 15 heavy (non-hydrogen) atoms. The first-order valence-electron chi connectivity index (χ1n) is 5.35. The molecule has 1 heterocycles. The van der Waals surface area contributed by atoms with Gasteiger partial charge in [-0.15, -0.1) is 0 Å². The summed E-state index contributed by atoms with van der Waals surface area (Å²) in [5.74, 6) is 2.09. The lowest BCUT2D eigenvalue weighted by Gasteiger charge is -2.08. The minimum absolute atomic E-state index is 0.556. The summed E-state index contributed by atoms with van der Waals surface area (Å²) in [5, 5.41) is 0. The van der Waals surface area contributed by atoms with E-state index in [-0.39, 0.29) is 0 Å². The van der Waals surface area contributed by atoms with Crippen LogP contribution in [0.5, 0.6) is 0 Å². The van der Waals surface area contributed by atoms with Crippen LogP contribution in [0.2, 0.25) is 0 Å². The molecule has 0 fully saturated rings. The molecule has 0 unspecified atom stereocenters. The smallest absolute Gasteiger partial charge is 0.141 e. The van der Waals surface area contributed by atoms with Gasteiger partial charge < -0.3 is 5.73 Å². The molecule has 0 spiro atoms. The summed E-state index contributed by atoms with van der Waals surface area (Å²) in [6.07, 6.45) is 2.88. The van der Waals surface area contributed by atoms with Gasteiger partial charge in [0.05, 0.1) is 10.2 Å². The number of rotatable bonds is 4. The third-order valence-electron chi connectivity index (χ3n) is 2.27. The Labute approximate surface area is 99.6 Å². The predicted octanol–water partition coefficient (Wildman–Crippen LogP) is 2.97. The van der Waals surface area contributed by atoms with Gasteiger partial charge in [0, 0.05) is 6.42 Å². The highest BCUT2D eigenvalue weighted by atomic mass is 79.9. The first-order chi connectivity index (χ1) is 7.04. The minimum atomic E-state index is 0.556. The summed E-state index contributed by atoms with van der Waals surface area (Å²) in [6, 6.07) is 0. The number of nitrogens with zero attached hydrogens (tertiary/aromatic N) is 2. The number of nitrogens with two attached hydrogens (primary N) is 1. The fourth-order valence-corrected chi connectivity index (χ4v) is 1.79. The molecular weight excluding hydrogens is 254 g/mol. The van der Waals surface area contributed by atoms with Gasteiger partial charge in [-0.05, 0) is 34.7 Å². The van der Waals surface area contributed by atoms with Gasteiger partial charge >= 0.3 is 0 Å². The van der Waals surface area contributed by atoms with Crippen LogP contribution in [-0.2, 0) is 12.8 Å². The molecule has 1 aromatic heterocycles. The molecule has 0 aliphatic carbocycles. The van der Waals surface area contributed by atoms with Crippen molar-refractivity contribution in [3.8, 4) is 0 Å². The van der Waals surface area contributed by atoms with Crippen molar-refractivity contribution in [2.24, 2.45) is 5.92 Å². The van der Waals surface area contributed by atoms with Crippen molar-refractivity contribution in [3.05, 3.63) is 16.0 Å². The number of hydrogen-bond donors (Lipinski definition) is 1. The van der Waals surface area contributed by atoms with E-state index in [9.17, 15) is 0 Å². The molecule has 0 saturated heterocycles. The Morgan fingerprint density at radius 3 is 2.53 bits per heavy atom. The van der Waals surface area contributed by atoms with E-state index in [1.807, 2.05) is 0 Å². The molecule has 0 bridgehead atoms. The van der Waals surface area contributed by atoms with E-state index < -0.39 is 0 Å². The topological polar surface area (TPSA) is 51.8 Å². The third kappa shape index (κ3) is 3.45. The maximum atomic E-state index is 5.81. The molecular formula is C11H18BrN3. The summed E-state index contributed by atoms with van der Waals surface area (Å²) in [7, 11) is 0. The fraction of sp³-hybridized carbons (Fsp3) is 0.636. The summed E-state index contributed by atoms with van der Waals surface area (Å²) in [4.78, 5) is 8.76. The van der Waals surface area contributed by atoms with Gasteiger partial charge in [-0.1, -0.05) is 20.8 Å². The first-order valence-corrected chi connectivity index (χ1v) is 6.14. The number of anilines is 1. The molecule has 4 heteroatoms. The van der Waals surface area contributed by atoms with E-state index in [2.05, 4.69) is 46.7 Å². The highest BCUT2D eigenvalue weighted by molar-refractivity contribution is 9.10. The van der Waals surface area contributed by atoms with Gasteiger partial charge in [0.2, 0.25) is 0 Å². The van der Waals surface area contributed by atoms with Crippen LogP contribution >= 0.6 is 15.9 Å². The van der Waals surface area contributed by atoms with Crippen molar-refractivity contribution in [1.29, 1.82) is 0 Å². The molecule has 2 N–H and O–H groups in total. The monoisotopic (exact) mass is 271 g/mol. The largest absolute Gasteiger partial charge is 0.383 e. The second-order valence-corrected chi connectivity index (χ2v) is 4.86. The summed E-state index contributed by atoms with van der Waals surface area (Å²) in [5.41, 5.74) is 6.81. The minimum Gasteiger partial charge on any atom is -0.383 e. The van der Waals surface area contributed by atoms with E-state index >= 15 is 0 Å². The summed E-state index contributed by atoms with van der Waals surface area (Å²) < 4.78 is 0.846. The Bertz CT molecular complexity index is 337. The van der Waals surface area contributed by atoms with Crippen LogP contribution in [0.4, 0.5) is 5.82 Å². The number of aromatic nitrogens is 2.